The van der Waals surface area contributed by atoms with Crippen LogP contribution in [-0.4, -0.2) is 34.1 Å². The van der Waals surface area contributed by atoms with E-state index in [2.05, 4.69) is 14.9 Å². The van der Waals surface area contributed by atoms with Gasteiger partial charge in [-0.05, 0) is 48.4 Å². The van der Waals surface area contributed by atoms with E-state index in [-0.39, 0.29) is 11.2 Å². The molecule has 0 radical (unpaired) electrons. The van der Waals surface area contributed by atoms with E-state index in [1.165, 1.54) is 0 Å². The van der Waals surface area contributed by atoms with Gasteiger partial charge in [-0.3, -0.25) is 4.79 Å². The first-order valence-electron chi connectivity index (χ1n) is 8.13. The summed E-state index contributed by atoms with van der Waals surface area (Å²) in [5.74, 6) is -0.271. The number of hydrogen-bond donors (Lipinski definition) is 1. The summed E-state index contributed by atoms with van der Waals surface area (Å²) in [5.41, 5.74) is 1.06. The number of carbonyl (C=O) groups is 1. The van der Waals surface area contributed by atoms with Gasteiger partial charge < -0.3 is 10.0 Å². The van der Waals surface area contributed by atoms with Crippen molar-refractivity contribution in [1.82, 2.24) is 9.97 Å². The minimum absolute atomic E-state index is 0.0881. The molecule has 24 heavy (non-hydrogen) atoms. The van der Waals surface area contributed by atoms with Crippen LogP contribution in [0.15, 0.2) is 42.6 Å². The second-order valence-electron chi connectivity index (χ2n) is 6.17. The Kier molecular flexibility index (Phi) is 5.30. The molecule has 0 amide bonds. The first-order chi connectivity index (χ1) is 11.6. The number of aliphatic carboxylic acids is 1. The van der Waals surface area contributed by atoms with Crippen molar-refractivity contribution in [3.05, 3.63) is 53.4 Å². The van der Waals surface area contributed by atoms with Crippen LogP contribution in [0.1, 0.15) is 18.4 Å². The molecule has 6 heteroatoms. The molecule has 0 bridgehead atoms. The number of aromatic nitrogens is 2. The zero-order valence-electron chi connectivity index (χ0n) is 13.3. The quantitative estimate of drug-likeness (QED) is 0.842. The maximum absolute atomic E-state index is 11.8. The highest BCUT2D eigenvalue weighted by atomic mass is 35.5. The van der Waals surface area contributed by atoms with Crippen LogP contribution in [0, 0.1) is 11.8 Å². The van der Waals surface area contributed by atoms with E-state index in [1.54, 1.807) is 6.20 Å². The number of rotatable bonds is 5. The molecule has 1 aliphatic heterocycles. The Morgan fingerprint density at radius 1 is 1.33 bits per heavy atom. The molecule has 2 heterocycles. The summed E-state index contributed by atoms with van der Waals surface area (Å²) in [5, 5.41) is 9.94. The van der Waals surface area contributed by atoms with E-state index in [0.29, 0.717) is 13.0 Å². The zero-order chi connectivity index (χ0) is 16.9. The second-order valence-corrected chi connectivity index (χ2v) is 6.50. The maximum atomic E-state index is 11.8. The molecular formula is C18H20ClN3O2. The largest absolute Gasteiger partial charge is 0.481 e. The van der Waals surface area contributed by atoms with E-state index in [4.69, 9.17) is 11.6 Å². The predicted octanol–water partition coefficient (Wildman–Crippen LogP) is 3.29. The summed E-state index contributed by atoms with van der Waals surface area (Å²) in [6.45, 7) is 1.54. The van der Waals surface area contributed by atoms with Gasteiger partial charge in [0.05, 0.1) is 5.92 Å². The van der Waals surface area contributed by atoms with Crippen LogP contribution in [0.3, 0.4) is 0 Å². The summed E-state index contributed by atoms with van der Waals surface area (Å²) in [4.78, 5) is 22.1. The molecule has 0 aliphatic carbocycles. The second kappa shape index (κ2) is 7.62. The Morgan fingerprint density at radius 2 is 2.12 bits per heavy atom. The van der Waals surface area contributed by atoms with Crippen molar-refractivity contribution in [2.45, 2.75) is 19.3 Å². The molecular weight excluding hydrogens is 326 g/mol. The van der Waals surface area contributed by atoms with E-state index in [9.17, 15) is 9.90 Å². The topological polar surface area (TPSA) is 66.3 Å². The zero-order valence-corrected chi connectivity index (χ0v) is 14.1. The van der Waals surface area contributed by atoms with Gasteiger partial charge in [0.25, 0.3) is 0 Å². The number of hydrogen-bond acceptors (Lipinski definition) is 4. The van der Waals surface area contributed by atoms with E-state index in [1.807, 2.05) is 36.4 Å². The average Bonchev–Trinajstić information content (AvgIpc) is 2.60. The molecule has 1 aromatic carbocycles. The standard InChI is InChI=1S/C18H20ClN3O2/c19-18-20-9-8-16(21-18)22-10-4-7-14(12-22)15(17(23)24)11-13-5-2-1-3-6-13/h1-3,5-6,8-9,14-15H,4,7,10-12H2,(H,23,24). The highest BCUT2D eigenvalue weighted by Crippen LogP contribution is 2.29. The van der Waals surface area contributed by atoms with Crippen molar-refractivity contribution in [3.8, 4) is 0 Å². The lowest BCUT2D eigenvalue weighted by Crippen LogP contribution is -2.41. The van der Waals surface area contributed by atoms with Gasteiger partial charge in [0.15, 0.2) is 0 Å². The van der Waals surface area contributed by atoms with Crippen molar-refractivity contribution in [2.24, 2.45) is 11.8 Å². The molecule has 2 atom stereocenters. The van der Waals surface area contributed by atoms with Crippen molar-refractivity contribution >= 4 is 23.4 Å². The van der Waals surface area contributed by atoms with E-state index >= 15 is 0 Å². The SMILES string of the molecule is O=C(O)C(Cc1ccccc1)C1CCCN(c2ccnc(Cl)n2)C1. The van der Waals surface area contributed by atoms with Gasteiger partial charge >= 0.3 is 5.97 Å². The molecule has 3 rings (SSSR count). The molecule has 2 aromatic rings. The van der Waals surface area contributed by atoms with Gasteiger partial charge in [-0.1, -0.05) is 30.3 Å². The van der Waals surface area contributed by atoms with Gasteiger partial charge in [0.2, 0.25) is 5.28 Å². The van der Waals surface area contributed by atoms with E-state index < -0.39 is 11.9 Å². The number of piperidine rings is 1. The lowest BCUT2D eigenvalue weighted by molar-refractivity contribution is -0.143. The first-order valence-corrected chi connectivity index (χ1v) is 8.51. The first kappa shape index (κ1) is 16.7. The Labute approximate surface area is 146 Å². The van der Waals surface area contributed by atoms with Crippen molar-refractivity contribution in [3.63, 3.8) is 0 Å². The third-order valence-corrected chi connectivity index (χ3v) is 4.76. The molecule has 126 valence electrons. The summed E-state index contributed by atoms with van der Waals surface area (Å²) in [6, 6.07) is 11.6. The Morgan fingerprint density at radius 3 is 2.83 bits per heavy atom. The van der Waals surface area contributed by atoms with Crippen molar-refractivity contribution in [2.75, 3.05) is 18.0 Å². The summed E-state index contributed by atoms with van der Waals surface area (Å²) >= 11 is 5.88. The monoisotopic (exact) mass is 345 g/mol. The normalized spacial score (nSPS) is 19.0. The van der Waals surface area contributed by atoms with Crippen LogP contribution < -0.4 is 4.90 Å². The Balaban J connectivity index is 1.74. The van der Waals surface area contributed by atoms with Gasteiger partial charge in [-0.25, -0.2) is 9.97 Å². The highest BCUT2D eigenvalue weighted by molar-refractivity contribution is 6.28. The molecule has 0 saturated carbocycles. The van der Waals surface area contributed by atoms with Crippen LogP contribution in [0.4, 0.5) is 5.82 Å². The number of halogens is 1. The van der Waals surface area contributed by atoms with Gasteiger partial charge in [-0.15, -0.1) is 0 Å². The van der Waals surface area contributed by atoms with Gasteiger partial charge in [0.1, 0.15) is 5.82 Å². The molecule has 5 nitrogen and oxygen atoms in total. The summed E-state index contributed by atoms with van der Waals surface area (Å²) < 4.78 is 0. The minimum Gasteiger partial charge on any atom is -0.481 e. The molecule has 1 aromatic heterocycles. The average molecular weight is 346 g/mol. The fourth-order valence-electron chi connectivity index (χ4n) is 3.37. The van der Waals surface area contributed by atoms with E-state index in [0.717, 1.165) is 30.8 Å². The molecule has 2 unspecified atom stereocenters. The Hall–Kier alpha value is -2.14. The maximum Gasteiger partial charge on any atom is 0.307 e. The van der Waals surface area contributed by atoms with Gasteiger partial charge in [-0.2, -0.15) is 0 Å². The van der Waals surface area contributed by atoms with Crippen molar-refractivity contribution < 1.29 is 9.90 Å². The fourth-order valence-corrected chi connectivity index (χ4v) is 3.52. The molecule has 1 saturated heterocycles. The van der Waals surface area contributed by atoms with Crippen LogP contribution >= 0.6 is 11.6 Å². The summed E-state index contributed by atoms with van der Waals surface area (Å²) in [7, 11) is 0. The van der Waals surface area contributed by atoms with Crippen LogP contribution in [0.25, 0.3) is 0 Å². The molecule has 0 spiro atoms. The van der Waals surface area contributed by atoms with Gasteiger partial charge in [0, 0.05) is 19.3 Å². The highest BCUT2D eigenvalue weighted by Gasteiger charge is 2.32. The van der Waals surface area contributed by atoms with Crippen molar-refractivity contribution in [1.29, 1.82) is 0 Å². The summed E-state index contributed by atoms with van der Waals surface area (Å²) in [6.07, 6.45) is 4.05. The van der Waals surface area contributed by atoms with Crippen LogP contribution in [0.5, 0.6) is 0 Å². The number of benzene rings is 1. The Bertz CT molecular complexity index is 696. The van der Waals surface area contributed by atoms with Crippen LogP contribution in [-0.2, 0) is 11.2 Å². The minimum atomic E-state index is -0.730. The number of carboxylic acids is 1. The lowest BCUT2D eigenvalue weighted by atomic mass is 9.81. The number of nitrogens with zero attached hydrogens (tertiary/aromatic N) is 3. The molecule has 1 N–H and O–H groups in total. The molecule has 1 fully saturated rings. The number of anilines is 1. The number of carboxylic acid groups (broad SMARTS) is 1. The molecule has 1 aliphatic rings. The lowest BCUT2D eigenvalue weighted by Gasteiger charge is -2.36. The fraction of sp³-hybridized carbons (Fsp3) is 0.389. The predicted molar refractivity (Wildman–Crippen MR) is 93.3 cm³/mol. The third kappa shape index (κ3) is 4.03. The third-order valence-electron chi connectivity index (χ3n) is 4.58. The van der Waals surface area contributed by atoms with Crippen LogP contribution in [0.2, 0.25) is 5.28 Å². The smallest absolute Gasteiger partial charge is 0.307 e.